The van der Waals surface area contributed by atoms with Crippen LogP contribution in [0.25, 0.3) is 0 Å². The molecule has 0 radical (unpaired) electrons. The predicted octanol–water partition coefficient (Wildman–Crippen LogP) is 0.796. The maximum absolute atomic E-state index is 12.5. The van der Waals surface area contributed by atoms with Gasteiger partial charge in [-0.15, -0.1) is 0 Å². The van der Waals surface area contributed by atoms with Crippen molar-refractivity contribution >= 4 is 10.0 Å². The molecule has 0 aliphatic carbocycles. The Bertz CT molecular complexity index is 623. The quantitative estimate of drug-likeness (QED) is 0.835. The van der Waals surface area contributed by atoms with Gasteiger partial charge < -0.3 is 10.5 Å². The number of sulfonamides is 1. The molecule has 0 amide bonds. The van der Waals surface area contributed by atoms with Gasteiger partial charge in [-0.1, -0.05) is 11.8 Å². The summed E-state index contributed by atoms with van der Waals surface area (Å²) in [7, 11) is -1.90. The summed E-state index contributed by atoms with van der Waals surface area (Å²) in [5.74, 6) is 5.60. The lowest BCUT2D eigenvalue weighted by molar-refractivity contribution is 0.0979. The van der Waals surface area contributed by atoms with Crippen molar-refractivity contribution in [3.63, 3.8) is 0 Å². The summed E-state index contributed by atoms with van der Waals surface area (Å²) in [6, 6.07) is 6.52. The van der Waals surface area contributed by atoms with Crippen LogP contribution in [0.2, 0.25) is 0 Å². The Kier molecular flexibility index (Phi) is 5.37. The molecule has 0 aromatic heterocycles. The lowest BCUT2D eigenvalue weighted by Crippen LogP contribution is -2.34. The highest BCUT2D eigenvalue weighted by atomic mass is 32.2. The maximum Gasteiger partial charge on any atom is 0.242 e. The van der Waals surface area contributed by atoms with Gasteiger partial charge in [0.2, 0.25) is 10.0 Å². The molecule has 0 bridgehead atoms. The van der Waals surface area contributed by atoms with Crippen LogP contribution in [0.1, 0.15) is 18.4 Å². The molecule has 2 rings (SSSR count). The van der Waals surface area contributed by atoms with E-state index in [1.165, 1.54) is 4.31 Å². The second kappa shape index (κ2) is 7.05. The van der Waals surface area contributed by atoms with E-state index < -0.39 is 10.0 Å². The normalized spacial score (nSPS) is 18.5. The van der Waals surface area contributed by atoms with Crippen molar-refractivity contribution in [3.05, 3.63) is 29.8 Å². The van der Waals surface area contributed by atoms with Crippen LogP contribution in [0.15, 0.2) is 29.2 Å². The van der Waals surface area contributed by atoms with Crippen molar-refractivity contribution in [1.82, 2.24) is 4.31 Å². The van der Waals surface area contributed by atoms with Crippen LogP contribution in [-0.4, -0.2) is 45.6 Å². The Morgan fingerprint density at radius 1 is 1.38 bits per heavy atom. The number of hydrogen-bond acceptors (Lipinski definition) is 4. The van der Waals surface area contributed by atoms with Gasteiger partial charge in [0, 0.05) is 25.8 Å². The summed E-state index contributed by atoms with van der Waals surface area (Å²) < 4.78 is 31.8. The van der Waals surface area contributed by atoms with Crippen molar-refractivity contribution in [2.75, 3.05) is 26.7 Å². The molecular weight excluding hydrogens is 288 g/mol. The lowest BCUT2D eigenvalue weighted by atomic mass is 10.2. The molecule has 1 saturated heterocycles. The van der Waals surface area contributed by atoms with Crippen LogP contribution in [-0.2, 0) is 14.8 Å². The number of ether oxygens (including phenoxy) is 1. The topological polar surface area (TPSA) is 72.6 Å². The van der Waals surface area contributed by atoms with E-state index in [4.69, 9.17) is 10.5 Å². The molecule has 1 aliphatic rings. The van der Waals surface area contributed by atoms with Gasteiger partial charge in [0.1, 0.15) is 0 Å². The zero-order valence-corrected chi connectivity index (χ0v) is 12.9. The Hall–Kier alpha value is -1.39. The summed E-state index contributed by atoms with van der Waals surface area (Å²) in [5, 5.41) is 0. The highest BCUT2D eigenvalue weighted by molar-refractivity contribution is 7.89. The van der Waals surface area contributed by atoms with Gasteiger partial charge in [0.15, 0.2) is 0 Å². The molecule has 21 heavy (non-hydrogen) atoms. The van der Waals surface area contributed by atoms with E-state index in [0.29, 0.717) is 13.2 Å². The van der Waals surface area contributed by atoms with Gasteiger partial charge in [0.25, 0.3) is 0 Å². The first kappa shape index (κ1) is 16.0. The number of rotatable bonds is 4. The molecule has 0 spiro atoms. The molecule has 5 nitrogen and oxygen atoms in total. The molecule has 2 N–H and O–H groups in total. The van der Waals surface area contributed by atoms with Crippen LogP contribution in [0.5, 0.6) is 0 Å². The Morgan fingerprint density at radius 2 is 2.10 bits per heavy atom. The molecule has 1 aromatic rings. The first-order valence-electron chi connectivity index (χ1n) is 6.91. The first-order valence-corrected chi connectivity index (χ1v) is 8.35. The van der Waals surface area contributed by atoms with E-state index in [2.05, 4.69) is 11.8 Å². The van der Waals surface area contributed by atoms with Crippen molar-refractivity contribution in [2.45, 2.75) is 23.8 Å². The van der Waals surface area contributed by atoms with Gasteiger partial charge in [-0.05, 0) is 37.1 Å². The van der Waals surface area contributed by atoms with E-state index in [-0.39, 0.29) is 17.5 Å². The van der Waals surface area contributed by atoms with E-state index >= 15 is 0 Å². The highest BCUT2D eigenvalue weighted by Gasteiger charge is 2.25. The minimum atomic E-state index is -3.48. The zero-order valence-electron chi connectivity index (χ0n) is 12.1. The van der Waals surface area contributed by atoms with Crippen molar-refractivity contribution in [3.8, 4) is 11.8 Å². The fourth-order valence-electron chi connectivity index (χ4n) is 2.22. The Labute approximate surface area is 126 Å². The molecule has 1 heterocycles. The molecule has 1 aliphatic heterocycles. The second-order valence-corrected chi connectivity index (χ2v) is 7.00. The van der Waals surface area contributed by atoms with E-state index in [9.17, 15) is 8.42 Å². The Balaban J connectivity index is 2.10. The predicted molar refractivity (Wildman–Crippen MR) is 81.2 cm³/mol. The summed E-state index contributed by atoms with van der Waals surface area (Å²) in [6.45, 7) is 1.38. The number of likely N-dealkylation sites (N-methyl/N-ethyl adjacent to an activating group) is 1. The summed E-state index contributed by atoms with van der Waals surface area (Å²) in [4.78, 5) is 0.265. The number of benzene rings is 1. The molecule has 1 atom stereocenters. The summed E-state index contributed by atoms with van der Waals surface area (Å²) in [5.41, 5.74) is 6.06. The first-order chi connectivity index (χ1) is 10.0. The number of hydrogen-bond donors (Lipinski definition) is 1. The van der Waals surface area contributed by atoms with Crippen LogP contribution < -0.4 is 5.73 Å². The monoisotopic (exact) mass is 308 g/mol. The second-order valence-electron chi connectivity index (χ2n) is 4.95. The van der Waals surface area contributed by atoms with Crippen LogP contribution >= 0.6 is 0 Å². The van der Waals surface area contributed by atoms with Crippen LogP contribution in [0.4, 0.5) is 0 Å². The average Bonchev–Trinajstić information content (AvgIpc) is 2.98. The van der Waals surface area contributed by atoms with Gasteiger partial charge >= 0.3 is 0 Å². The van der Waals surface area contributed by atoms with Gasteiger partial charge in [-0.25, -0.2) is 8.42 Å². The molecule has 1 unspecified atom stereocenters. The van der Waals surface area contributed by atoms with Crippen LogP contribution in [0.3, 0.4) is 0 Å². The zero-order chi connectivity index (χ0) is 15.3. The molecule has 6 heteroatoms. The largest absolute Gasteiger partial charge is 0.377 e. The molecule has 1 fully saturated rings. The molecule has 0 saturated carbocycles. The third kappa shape index (κ3) is 4.05. The summed E-state index contributed by atoms with van der Waals surface area (Å²) >= 11 is 0. The van der Waals surface area contributed by atoms with Crippen LogP contribution in [0, 0.1) is 11.8 Å². The molecule has 114 valence electrons. The fourth-order valence-corrected chi connectivity index (χ4v) is 3.42. The SMILES string of the molecule is CN(CC1CCCO1)S(=O)(=O)c1ccc(C#CCN)cc1. The standard InChI is InChI=1S/C15H20N2O3S/c1-17(12-14-5-3-11-20-14)21(18,19)15-8-6-13(7-9-15)4-2-10-16/h6-9,14H,3,5,10-12,16H2,1H3. The van der Waals surface area contributed by atoms with Crippen molar-refractivity contribution in [2.24, 2.45) is 5.73 Å². The maximum atomic E-state index is 12.5. The van der Waals surface area contributed by atoms with E-state index in [1.54, 1.807) is 31.3 Å². The number of nitrogens with two attached hydrogens (primary N) is 1. The molecule has 1 aromatic carbocycles. The van der Waals surface area contributed by atoms with Gasteiger partial charge in [0.05, 0.1) is 17.5 Å². The molecular formula is C15H20N2O3S. The fraction of sp³-hybridized carbons (Fsp3) is 0.467. The van der Waals surface area contributed by atoms with E-state index in [1.807, 2.05) is 0 Å². The highest BCUT2D eigenvalue weighted by Crippen LogP contribution is 2.19. The average molecular weight is 308 g/mol. The van der Waals surface area contributed by atoms with E-state index in [0.717, 1.165) is 18.4 Å². The van der Waals surface area contributed by atoms with Gasteiger partial charge in [-0.2, -0.15) is 4.31 Å². The minimum Gasteiger partial charge on any atom is -0.377 e. The van der Waals surface area contributed by atoms with Crippen molar-refractivity contribution < 1.29 is 13.2 Å². The minimum absolute atomic E-state index is 0.000492. The summed E-state index contributed by atoms with van der Waals surface area (Å²) in [6.07, 6.45) is 1.90. The lowest BCUT2D eigenvalue weighted by Gasteiger charge is -2.20. The van der Waals surface area contributed by atoms with Crippen molar-refractivity contribution in [1.29, 1.82) is 0 Å². The van der Waals surface area contributed by atoms with Gasteiger partial charge in [-0.3, -0.25) is 0 Å². The smallest absolute Gasteiger partial charge is 0.242 e. The third-order valence-corrected chi connectivity index (χ3v) is 5.22. The number of nitrogens with zero attached hydrogens (tertiary/aromatic N) is 1. The third-order valence-electron chi connectivity index (χ3n) is 3.38. The Morgan fingerprint density at radius 3 is 2.67 bits per heavy atom.